The van der Waals surface area contributed by atoms with E-state index in [4.69, 9.17) is 19.2 Å². The number of hydrogen-bond donors (Lipinski definition) is 1. The molecule has 0 saturated heterocycles. The number of aliphatic imine (C=N–C) groups is 1. The van der Waals surface area contributed by atoms with Crippen LogP contribution in [0.5, 0.6) is 17.2 Å². The Hall–Kier alpha value is -3.92. The van der Waals surface area contributed by atoms with E-state index in [1.54, 1.807) is 21.3 Å². The van der Waals surface area contributed by atoms with Gasteiger partial charge in [-0.25, -0.2) is 4.39 Å². The van der Waals surface area contributed by atoms with Gasteiger partial charge in [-0.3, -0.25) is 19.5 Å². The second-order valence-corrected chi connectivity index (χ2v) is 9.73. The van der Waals surface area contributed by atoms with Gasteiger partial charge < -0.3 is 19.5 Å². The fourth-order valence-corrected chi connectivity index (χ4v) is 6.14. The molecule has 0 unspecified atom stereocenters. The van der Waals surface area contributed by atoms with Gasteiger partial charge in [0.25, 0.3) is 0 Å². The van der Waals surface area contributed by atoms with E-state index < -0.39 is 5.82 Å². The number of benzene rings is 2. The number of anilines is 2. The summed E-state index contributed by atoms with van der Waals surface area (Å²) in [6.07, 6.45) is 2.81. The normalized spacial score (nSPS) is 14.4. The second kappa shape index (κ2) is 10.2. The van der Waals surface area contributed by atoms with Crippen LogP contribution in [-0.4, -0.2) is 51.9 Å². The van der Waals surface area contributed by atoms with Crippen molar-refractivity contribution in [2.75, 3.05) is 44.6 Å². The minimum atomic E-state index is -0.394. The largest absolute Gasteiger partial charge is 0.493 e. The molecule has 37 heavy (non-hydrogen) atoms. The number of aryl methyl sites for hydroxylation is 1. The van der Waals surface area contributed by atoms with Gasteiger partial charge in [-0.05, 0) is 61.2 Å². The highest BCUT2D eigenvalue weighted by molar-refractivity contribution is 7.17. The third kappa shape index (κ3) is 4.64. The molecule has 2 aromatic carbocycles. The van der Waals surface area contributed by atoms with Crippen molar-refractivity contribution in [3.63, 3.8) is 0 Å². The number of thiophene rings is 1. The zero-order valence-corrected chi connectivity index (χ0v) is 21.5. The Balaban J connectivity index is 1.55. The van der Waals surface area contributed by atoms with Gasteiger partial charge in [0.1, 0.15) is 23.9 Å². The summed E-state index contributed by atoms with van der Waals surface area (Å²) in [7, 11) is 4.64. The lowest BCUT2D eigenvalue weighted by atomic mass is 9.98. The van der Waals surface area contributed by atoms with Crippen molar-refractivity contribution in [3.8, 4) is 17.2 Å². The van der Waals surface area contributed by atoms with E-state index in [1.165, 1.54) is 45.4 Å². The van der Waals surface area contributed by atoms with Crippen molar-refractivity contribution in [3.05, 3.63) is 63.8 Å². The number of nitrogens with one attached hydrogen (secondary N) is 1. The lowest BCUT2D eigenvalue weighted by Gasteiger charge is -2.21. The molecule has 10 heteroatoms. The third-order valence-corrected chi connectivity index (χ3v) is 7.74. The Bertz CT molecular complexity index is 1370. The molecule has 1 aliphatic heterocycles. The Morgan fingerprint density at radius 3 is 2.43 bits per heavy atom. The Morgan fingerprint density at radius 2 is 1.78 bits per heavy atom. The van der Waals surface area contributed by atoms with Crippen molar-refractivity contribution in [1.29, 1.82) is 0 Å². The number of methoxy groups -OCH3 is 3. The van der Waals surface area contributed by atoms with Crippen molar-refractivity contribution in [1.82, 2.24) is 0 Å². The first kappa shape index (κ1) is 24.8. The van der Waals surface area contributed by atoms with Gasteiger partial charge in [-0.1, -0.05) is 0 Å². The minimum Gasteiger partial charge on any atom is -0.493 e. The Morgan fingerprint density at radius 1 is 1.08 bits per heavy atom. The number of rotatable bonds is 7. The highest BCUT2D eigenvalue weighted by Gasteiger charge is 2.34. The summed E-state index contributed by atoms with van der Waals surface area (Å²) in [5.41, 5.74) is 3.87. The predicted molar refractivity (Wildman–Crippen MR) is 140 cm³/mol. The Labute approximate surface area is 217 Å². The number of carbonyl (C=O) groups is 2. The molecule has 3 aromatic rings. The highest BCUT2D eigenvalue weighted by Crippen LogP contribution is 2.45. The van der Waals surface area contributed by atoms with Gasteiger partial charge in [0.05, 0.1) is 27.0 Å². The quantitative estimate of drug-likeness (QED) is 0.501. The van der Waals surface area contributed by atoms with Crippen LogP contribution in [0.4, 0.5) is 15.1 Å². The second-order valence-electron chi connectivity index (χ2n) is 8.65. The molecular formula is C27H26FN3O5S. The first-order valence-corrected chi connectivity index (χ1v) is 12.6. The summed E-state index contributed by atoms with van der Waals surface area (Å²) in [4.78, 5) is 33.6. The molecule has 1 aliphatic carbocycles. The standard InChI is InChI=1S/C27H26FN3O5S/c1-34-19-11-15(12-20(35-2)26(19)36-3)25-24-18-5-4-6-21(18)37-27(24)31(23(33)13-29-25)14-22(32)30-17-9-7-16(28)8-10-17/h7-12H,4-6,13-14H2,1-3H3,(H,30,32). The number of halogens is 1. The summed E-state index contributed by atoms with van der Waals surface area (Å²) < 4.78 is 29.8. The summed E-state index contributed by atoms with van der Waals surface area (Å²) in [6, 6.07) is 9.15. The summed E-state index contributed by atoms with van der Waals surface area (Å²) in [6.45, 7) is -0.299. The summed E-state index contributed by atoms with van der Waals surface area (Å²) in [5.74, 6) is 0.385. The number of hydrogen-bond acceptors (Lipinski definition) is 7. The number of nitrogens with zero attached hydrogens (tertiary/aromatic N) is 2. The van der Waals surface area contributed by atoms with Gasteiger partial charge in [0.15, 0.2) is 11.5 Å². The molecule has 0 bridgehead atoms. The minimum absolute atomic E-state index is 0.119. The van der Waals surface area contributed by atoms with Gasteiger partial charge in [-0.15, -0.1) is 11.3 Å². The van der Waals surface area contributed by atoms with Crippen LogP contribution in [0.1, 0.15) is 28.0 Å². The van der Waals surface area contributed by atoms with Crippen LogP contribution in [-0.2, 0) is 22.4 Å². The van der Waals surface area contributed by atoms with Crippen molar-refractivity contribution >= 4 is 39.6 Å². The smallest absolute Gasteiger partial charge is 0.249 e. The molecule has 2 aliphatic rings. The highest BCUT2D eigenvalue weighted by atomic mass is 32.1. The van der Waals surface area contributed by atoms with Crippen molar-refractivity contribution < 1.29 is 28.2 Å². The number of amides is 2. The summed E-state index contributed by atoms with van der Waals surface area (Å²) >= 11 is 1.53. The Kier molecular flexibility index (Phi) is 6.84. The maximum atomic E-state index is 13.3. The van der Waals surface area contributed by atoms with E-state index in [0.717, 1.165) is 36.0 Å². The van der Waals surface area contributed by atoms with Gasteiger partial charge in [-0.2, -0.15) is 0 Å². The predicted octanol–water partition coefficient (Wildman–Crippen LogP) is 4.22. The van der Waals surface area contributed by atoms with Crippen LogP contribution >= 0.6 is 11.3 Å². The molecule has 0 fully saturated rings. The monoisotopic (exact) mass is 523 g/mol. The molecule has 0 atom stereocenters. The average molecular weight is 524 g/mol. The number of carbonyl (C=O) groups excluding carboxylic acids is 2. The molecule has 2 heterocycles. The zero-order valence-electron chi connectivity index (χ0n) is 20.7. The fraction of sp³-hybridized carbons (Fsp3) is 0.296. The number of ether oxygens (including phenoxy) is 3. The molecule has 0 spiro atoms. The van der Waals surface area contributed by atoms with E-state index in [0.29, 0.717) is 33.6 Å². The van der Waals surface area contributed by atoms with Crippen LogP contribution in [0.2, 0.25) is 0 Å². The first-order valence-electron chi connectivity index (χ1n) is 11.8. The van der Waals surface area contributed by atoms with Crippen molar-refractivity contribution in [2.45, 2.75) is 19.3 Å². The molecule has 192 valence electrons. The van der Waals surface area contributed by atoms with Crippen LogP contribution in [0.3, 0.4) is 0 Å². The van der Waals surface area contributed by atoms with Gasteiger partial charge >= 0.3 is 0 Å². The molecule has 2 amide bonds. The van der Waals surface area contributed by atoms with Crippen LogP contribution < -0.4 is 24.4 Å². The maximum Gasteiger partial charge on any atom is 0.249 e. The van der Waals surface area contributed by atoms with E-state index in [-0.39, 0.29) is 24.9 Å². The fourth-order valence-electron chi connectivity index (χ4n) is 4.74. The topological polar surface area (TPSA) is 89.5 Å². The molecule has 0 radical (unpaired) electrons. The average Bonchev–Trinajstić information content (AvgIpc) is 3.47. The molecule has 0 saturated carbocycles. The van der Waals surface area contributed by atoms with Crippen LogP contribution in [0.25, 0.3) is 0 Å². The molecular weight excluding hydrogens is 497 g/mol. The lowest BCUT2D eigenvalue weighted by molar-refractivity contribution is -0.120. The van der Waals surface area contributed by atoms with E-state index in [9.17, 15) is 14.0 Å². The first-order chi connectivity index (χ1) is 17.9. The maximum absolute atomic E-state index is 13.3. The van der Waals surface area contributed by atoms with Gasteiger partial charge in [0.2, 0.25) is 17.6 Å². The van der Waals surface area contributed by atoms with Crippen LogP contribution in [0, 0.1) is 5.82 Å². The number of fused-ring (bicyclic) bond motifs is 3. The van der Waals surface area contributed by atoms with Crippen molar-refractivity contribution in [2.24, 2.45) is 4.99 Å². The van der Waals surface area contributed by atoms with Gasteiger partial charge in [0, 0.05) is 21.7 Å². The van der Waals surface area contributed by atoms with E-state index in [1.807, 2.05) is 12.1 Å². The SMILES string of the molecule is COc1cc(C2=NCC(=O)N(CC(=O)Nc3ccc(F)cc3)c3sc4c(c32)CCC4)cc(OC)c1OC. The molecule has 1 aromatic heterocycles. The molecule has 5 rings (SSSR count). The summed E-state index contributed by atoms with van der Waals surface area (Å²) in [5, 5.41) is 3.45. The zero-order chi connectivity index (χ0) is 26.1. The van der Waals surface area contributed by atoms with E-state index in [2.05, 4.69) is 5.32 Å². The third-order valence-electron chi connectivity index (χ3n) is 6.43. The molecule has 1 N–H and O–H groups in total. The lowest BCUT2D eigenvalue weighted by Crippen LogP contribution is -2.38. The van der Waals surface area contributed by atoms with Crippen LogP contribution in [0.15, 0.2) is 41.4 Å². The molecule has 8 nitrogen and oxygen atoms in total. The van der Waals surface area contributed by atoms with E-state index >= 15 is 0 Å².